The summed E-state index contributed by atoms with van der Waals surface area (Å²) in [4.78, 5) is 12.4. The van der Waals surface area contributed by atoms with Gasteiger partial charge in [0.2, 0.25) is 0 Å². The highest BCUT2D eigenvalue weighted by atomic mass is 16.3. The van der Waals surface area contributed by atoms with Gasteiger partial charge in [0.1, 0.15) is 0 Å². The highest BCUT2D eigenvalue weighted by Crippen LogP contribution is 2.22. The Hall–Kier alpha value is -2.14. The summed E-state index contributed by atoms with van der Waals surface area (Å²) in [5, 5.41) is 16.4. The SMILES string of the molecule is CC(C)(C)C(CCO)NC(=O)c1ccn(-c2ccccc2)n1. The van der Waals surface area contributed by atoms with Gasteiger partial charge in [0, 0.05) is 18.8 Å². The van der Waals surface area contributed by atoms with Gasteiger partial charge in [-0.3, -0.25) is 4.79 Å². The number of nitrogens with zero attached hydrogens (tertiary/aromatic N) is 2. The molecular weight excluding hydrogens is 278 g/mol. The Balaban J connectivity index is 2.12. The molecule has 0 radical (unpaired) electrons. The van der Waals surface area contributed by atoms with Gasteiger partial charge in [0.15, 0.2) is 5.69 Å². The first-order chi connectivity index (χ1) is 10.4. The molecule has 1 atom stereocenters. The lowest BCUT2D eigenvalue weighted by Crippen LogP contribution is -2.44. The first-order valence-corrected chi connectivity index (χ1v) is 7.44. The number of amides is 1. The van der Waals surface area contributed by atoms with E-state index in [1.165, 1.54) is 0 Å². The van der Waals surface area contributed by atoms with E-state index in [1.54, 1.807) is 16.9 Å². The molecule has 0 aliphatic heterocycles. The topological polar surface area (TPSA) is 67.2 Å². The normalized spacial score (nSPS) is 12.9. The van der Waals surface area contributed by atoms with Crippen LogP contribution in [0.1, 0.15) is 37.7 Å². The van der Waals surface area contributed by atoms with Crippen molar-refractivity contribution in [2.45, 2.75) is 33.2 Å². The minimum Gasteiger partial charge on any atom is -0.396 e. The first kappa shape index (κ1) is 16.2. The van der Waals surface area contributed by atoms with E-state index in [-0.39, 0.29) is 24.0 Å². The van der Waals surface area contributed by atoms with Crippen LogP contribution in [0.4, 0.5) is 0 Å². The monoisotopic (exact) mass is 301 g/mol. The third-order valence-electron chi connectivity index (χ3n) is 3.61. The molecule has 0 aliphatic rings. The van der Waals surface area contributed by atoms with E-state index >= 15 is 0 Å². The predicted molar refractivity (Wildman–Crippen MR) is 86.0 cm³/mol. The van der Waals surface area contributed by atoms with Crippen LogP contribution in [0.25, 0.3) is 5.69 Å². The molecule has 2 N–H and O–H groups in total. The van der Waals surface area contributed by atoms with Crippen LogP contribution >= 0.6 is 0 Å². The minimum atomic E-state index is -0.219. The standard InChI is InChI=1S/C17H23N3O2/c1-17(2,3)15(10-12-21)18-16(22)14-9-11-20(19-14)13-7-5-4-6-8-13/h4-9,11,15,21H,10,12H2,1-3H3,(H,18,22). The molecule has 1 heterocycles. The molecule has 0 saturated carbocycles. The van der Waals surface area contributed by atoms with E-state index < -0.39 is 0 Å². The summed E-state index contributed by atoms with van der Waals surface area (Å²) >= 11 is 0. The van der Waals surface area contributed by atoms with Crippen molar-refractivity contribution >= 4 is 5.91 Å². The first-order valence-electron chi connectivity index (χ1n) is 7.44. The molecule has 1 unspecified atom stereocenters. The molecule has 0 saturated heterocycles. The van der Waals surface area contributed by atoms with Crippen LogP contribution in [0, 0.1) is 5.41 Å². The average Bonchev–Trinajstić information content (AvgIpc) is 2.96. The zero-order valence-electron chi connectivity index (χ0n) is 13.3. The third kappa shape index (κ3) is 3.95. The van der Waals surface area contributed by atoms with Crippen LogP contribution in [-0.2, 0) is 0 Å². The predicted octanol–water partition coefficient (Wildman–Crippen LogP) is 2.40. The van der Waals surface area contributed by atoms with Gasteiger partial charge in [-0.15, -0.1) is 0 Å². The molecule has 1 aromatic carbocycles. The Kier molecular flexibility index (Phi) is 4.98. The average molecular weight is 301 g/mol. The largest absolute Gasteiger partial charge is 0.396 e. The molecule has 118 valence electrons. The Bertz CT molecular complexity index is 614. The number of carbonyl (C=O) groups is 1. The van der Waals surface area contributed by atoms with Gasteiger partial charge in [0.05, 0.1) is 5.69 Å². The second-order valence-corrected chi connectivity index (χ2v) is 6.39. The summed E-state index contributed by atoms with van der Waals surface area (Å²) in [5.74, 6) is -0.219. The van der Waals surface area contributed by atoms with Crippen molar-refractivity contribution in [1.82, 2.24) is 15.1 Å². The zero-order valence-corrected chi connectivity index (χ0v) is 13.3. The molecule has 0 bridgehead atoms. The van der Waals surface area contributed by atoms with Crippen molar-refractivity contribution in [2.24, 2.45) is 5.41 Å². The smallest absolute Gasteiger partial charge is 0.272 e. The van der Waals surface area contributed by atoms with Crippen LogP contribution in [0.3, 0.4) is 0 Å². The number of para-hydroxylation sites is 1. The van der Waals surface area contributed by atoms with E-state index in [2.05, 4.69) is 10.4 Å². The number of benzene rings is 1. The van der Waals surface area contributed by atoms with Crippen molar-refractivity contribution in [3.05, 3.63) is 48.3 Å². The van der Waals surface area contributed by atoms with Gasteiger partial charge >= 0.3 is 0 Å². The lowest BCUT2D eigenvalue weighted by atomic mass is 9.85. The number of aliphatic hydroxyl groups is 1. The lowest BCUT2D eigenvalue weighted by Gasteiger charge is -2.30. The second kappa shape index (κ2) is 6.75. The molecule has 1 amide bonds. The van der Waals surface area contributed by atoms with Crippen molar-refractivity contribution in [3.8, 4) is 5.69 Å². The summed E-state index contributed by atoms with van der Waals surface area (Å²) in [6.45, 7) is 6.16. The van der Waals surface area contributed by atoms with Crippen LogP contribution in [0.2, 0.25) is 0 Å². The molecule has 0 spiro atoms. The zero-order chi connectivity index (χ0) is 16.2. The van der Waals surface area contributed by atoms with Gasteiger partial charge in [-0.05, 0) is 30.0 Å². The van der Waals surface area contributed by atoms with E-state index in [9.17, 15) is 4.79 Å². The van der Waals surface area contributed by atoms with Crippen LogP contribution in [0.15, 0.2) is 42.6 Å². The van der Waals surface area contributed by atoms with Crippen LogP contribution in [0.5, 0.6) is 0 Å². The molecule has 0 fully saturated rings. The van der Waals surface area contributed by atoms with Crippen LogP contribution < -0.4 is 5.32 Å². The van der Waals surface area contributed by atoms with Gasteiger partial charge in [0.25, 0.3) is 5.91 Å². The van der Waals surface area contributed by atoms with Crippen molar-refractivity contribution in [2.75, 3.05) is 6.61 Å². The van der Waals surface area contributed by atoms with Gasteiger partial charge in [-0.25, -0.2) is 4.68 Å². The number of rotatable bonds is 5. The van der Waals surface area contributed by atoms with Crippen molar-refractivity contribution in [3.63, 3.8) is 0 Å². The minimum absolute atomic E-state index is 0.0423. The van der Waals surface area contributed by atoms with Crippen LogP contribution in [-0.4, -0.2) is 33.4 Å². The van der Waals surface area contributed by atoms with E-state index in [0.717, 1.165) is 5.69 Å². The fourth-order valence-corrected chi connectivity index (χ4v) is 2.25. The molecular formula is C17H23N3O2. The number of hydrogen-bond acceptors (Lipinski definition) is 3. The van der Waals surface area contributed by atoms with Crippen molar-refractivity contribution in [1.29, 1.82) is 0 Å². The Labute approximate surface area is 131 Å². The lowest BCUT2D eigenvalue weighted by molar-refractivity contribution is 0.0879. The number of aliphatic hydroxyl groups excluding tert-OH is 1. The Morgan fingerprint density at radius 2 is 1.95 bits per heavy atom. The highest BCUT2D eigenvalue weighted by Gasteiger charge is 2.26. The molecule has 0 aliphatic carbocycles. The molecule has 2 aromatic rings. The van der Waals surface area contributed by atoms with E-state index in [1.807, 2.05) is 51.1 Å². The Morgan fingerprint density at radius 1 is 1.27 bits per heavy atom. The fourth-order valence-electron chi connectivity index (χ4n) is 2.25. The molecule has 5 heteroatoms. The van der Waals surface area contributed by atoms with E-state index in [0.29, 0.717) is 12.1 Å². The fraction of sp³-hybridized carbons (Fsp3) is 0.412. The van der Waals surface area contributed by atoms with Gasteiger partial charge in [-0.1, -0.05) is 39.0 Å². The molecule has 2 rings (SSSR count). The molecule has 22 heavy (non-hydrogen) atoms. The van der Waals surface area contributed by atoms with Gasteiger partial charge in [-0.2, -0.15) is 5.10 Å². The summed E-state index contributed by atoms with van der Waals surface area (Å²) < 4.78 is 1.67. The van der Waals surface area contributed by atoms with Crippen molar-refractivity contribution < 1.29 is 9.90 Å². The van der Waals surface area contributed by atoms with E-state index in [4.69, 9.17) is 5.11 Å². The summed E-state index contributed by atoms with van der Waals surface area (Å²) in [5.41, 5.74) is 1.15. The maximum atomic E-state index is 12.4. The number of carbonyl (C=O) groups excluding carboxylic acids is 1. The van der Waals surface area contributed by atoms with Gasteiger partial charge < -0.3 is 10.4 Å². The second-order valence-electron chi connectivity index (χ2n) is 6.39. The molecule has 1 aromatic heterocycles. The summed E-state index contributed by atoms with van der Waals surface area (Å²) in [6, 6.07) is 11.2. The third-order valence-corrected chi connectivity index (χ3v) is 3.61. The Morgan fingerprint density at radius 3 is 2.55 bits per heavy atom. The highest BCUT2D eigenvalue weighted by molar-refractivity contribution is 5.92. The molecule has 5 nitrogen and oxygen atoms in total. The summed E-state index contributed by atoms with van der Waals surface area (Å²) in [7, 11) is 0. The number of nitrogens with one attached hydrogen (secondary N) is 1. The summed E-state index contributed by atoms with van der Waals surface area (Å²) in [6.07, 6.45) is 2.29. The maximum Gasteiger partial charge on any atom is 0.272 e. The maximum absolute atomic E-state index is 12.4. The number of aromatic nitrogens is 2. The quantitative estimate of drug-likeness (QED) is 0.891. The number of hydrogen-bond donors (Lipinski definition) is 2.